The lowest BCUT2D eigenvalue weighted by molar-refractivity contribution is -0.119. The van der Waals surface area contributed by atoms with Gasteiger partial charge in [-0.15, -0.1) is 0 Å². The number of carbonyl (C=O) groups excluding carboxylic acids is 1. The van der Waals surface area contributed by atoms with Crippen molar-refractivity contribution in [1.82, 2.24) is 0 Å². The van der Waals surface area contributed by atoms with E-state index in [0.29, 0.717) is 0 Å². The predicted molar refractivity (Wildman–Crippen MR) is 104 cm³/mol. The lowest BCUT2D eigenvalue weighted by atomic mass is 10.0. The van der Waals surface area contributed by atoms with Crippen molar-refractivity contribution in [3.8, 4) is 0 Å². The van der Waals surface area contributed by atoms with E-state index < -0.39 is 0 Å². The lowest BCUT2D eigenvalue weighted by Crippen LogP contribution is -2.44. The van der Waals surface area contributed by atoms with Gasteiger partial charge in [0.25, 0.3) is 0 Å². The number of benzene rings is 3. The third-order valence-corrected chi connectivity index (χ3v) is 4.88. The van der Waals surface area contributed by atoms with Crippen LogP contribution in [0.2, 0.25) is 0 Å². The number of amides is 1. The zero-order valence-electron chi connectivity index (χ0n) is 14.4. The Labute approximate surface area is 148 Å². The molecule has 0 aromatic heterocycles. The highest BCUT2D eigenvalue weighted by Gasteiger charge is 2.25. The van der Waals surface area contributed by atoms with Crippen molar-refractivity contribution in [3.05, 3.63) is 72.3 Å². The minimum absolute atomic E-state index is 0.125. The molecular formula is C22H22N2O. The molecule has 25 heavy (non-hydrogen) atoms. The average molecular weight is 330 g/mol. The van der Waals surface area contributed by atoms with E-state index in [0.717, 1.165) is 30.8 Å². The van der Waals surface area contributed by atoms with E-state index in [1.54, 1.807) is 0 Å². The zero-order valence-corrected chi connectivity index (χ0v) is 14.4. The number of para-hydroxylation sites is 1. The van der Waals surface area contributed by atoms with E-state index in [1.165, 1.54) is 16.3 Å². The molecule has 0 spiro atoms. The monoisotopic (exact) mass is 330 g/mol. The fourth-order valence-electron chi connectivity index (χ4n) is 3.59. The first-order chi connectivity index (χ1) is 12.2. The number of carbonyl (C=O) groups is 1. The summed E-state index contributed by atoms with van der Waals surface area (Å²) in [4.78, 5) is 14.9. The molecule has 4 rings (SSSR count). The molecule has 0 radical (unpaired) electrons. The maximum absolute atomic E-state index is 13.0. The van der Waals surface area contributed by atoms with Gasteiger partial charge in [-0.2, -0.15) is 0 Å². The largest absolute Gasteiger partial charge is 0.374 e. The van der Waals surface area contributed by atoms with Crippen molar-refractivity contribution < 1.29 is 4.79 Å². The highest BCUT2D eigenvalue weighted by molar-refractivity contribution is 5.99. The summed E-state index contributed by atoms with van der Waals surface area (Å²) < 4.78 is 0. The third kappa shape index (κ3) is 3.10. The number of anilines is 2. The van der Waals surface area contributed by atoms with Gasteiger partial charge in [0.1, 0.15) is 6.04 Å². The molecule has 0 fully saturated rings. The first kappa shape index (κ1) is 15.7. The lowest BCUT2D eigenvalue weighted by Gasteiger charge is -2.32. The minimum atomic E-state index is -0.271. The van der Waals surface area contributed by atoms with Gasteiger partial charge >= 0.3 is 0 Å². The smallest absolute Gasteiger partial charge is 0.249 e. The summed E-state index contributed by atoms with van der Waals surface area (Å²) >= 11 is 0. The summed E-state index contributed by atoms with van der Waals surface area (Å²) in [7, 11) is 0. The summed E-state index contributed by atoms with van der Waals surface area (Å²) in [6.45, 7) is 2.73. The predicted octanol–water partition coefficient (Wildman–Crippen LogP) is 4.62. The Morgan fingerprint density at radius 1 is 1.00 bits per heavy atom. The Balaban J connectivity index is 1.54. The van der Waals surface area contributed by atoms with Crippen LogP contribution < -0.4 is 10.2 Å². The second-order valence-electron chi connectivity index (χ2n) is 6.65. The number of nitrogens with zero attached hydrogens (tertiary/aromatic N) is 1. The van der Waals surface area contributed by atoms with Crippen LogP contribution >= 0.6 is 0 Å². The molecule has 1 aliphatic rings. The highest BCUT2D eigenvalue weighted by Crippen LogP contribution is 2.28. The molecule has 3 heteroatoms. The van der Waals surface area contributed by atoms with Gasteiger partial charge in [0, 0.05) is 17.9 Å². The van der Waals surface area contributed by atoms with Gasteiger partial charge in [0.15, 0.2) is 0 Å². The molecule has 1 aliphatic heterocycles. The van der Waals surface area contributed by atoms with Crippen LogP contribution in [0.3, 0.4) is 0 Å². The van der Waals surface area contributed by atoms with Crippen molar-refractivity contribution in [2.45, 2.75) is 25.8 Å². The van der Waals surface area contributed by atoms with Crippen molar-refractivity contribution in [3.63, 3.8) is 0 Å². The maximum atomic E-state index is 13.0. The number of hydrogen-bond acceptors (Lipinski definition) is 2. The van der Waals surface area contributed by atoms with E-state index >= 15 is 0 Å². The molecule has 1 atom stereocenters. The summed E-state index contributed by atoms with van der Waals surface area (Å²) in [5, 5.41) is 5.75. The van der Waals surface area contributed by atoms with Crippen LogP contribution in [-0.2, 0) is 11.2 Å². The summed E-state index contributed by atoms with van der Waals surface area (Å²) in [5.74, 6) is 0.125. The van der Waals surface area contributed by atoms with Gasteiger partial charge in [-0.05, 0) is 54.3 Å². The molecule has 1 heterocycles. The summed E-state index contributed by atoms with van der Waals surface area (Å²) in [6, 6.07) is 22.4. The van der Waals surface area contributed by atoms with E-state index in [9.17, 15) is 4.79 Å². The van der Waals surface area contributed by atoms with Crippen LogP contribution in [0.25, 0.3) is 10.8 Å². The quantitative estimate of drug-likeness (QED) is 0.760. The molecule has 3 nitrogen and oxygen atoms in total. The Kier molecular flexibility index (Phi) is 4.14. The van der Waals surface area contributed by atoms with Crippen LogP contribution in [0.1, 0.15) is 18.9 Å². The average Bonchev–Trinajstić information content (AvgIpc) is 2.67. The normalized spacial score (nSPS) is 14.8. The Bertz CT molecular complexity index is 919. The van der Waals surface area contributed by atoms with Crippen molar-refractivity contribution in [1.29, 1.82) is 0 Å². The maximum Gasteiger partial charge on any atom is 0.249 e. The summed E-state index contributed by atoms with van der Waals surface area (Å²) in [5.41, 5.74) is 3.30. The molecule has 0 aliphatic carbocycles. The number of nitrogens with one attached hydrogen (secondary N) is 1. The van der Waals surface area contributed by atoms with Crippen LogP contribution in [0, 0.1) is 0 Å². The molecule has 126 valence electrons. The van der Waals surface area contributed by atoms with Crippen LogP contribution in [0.15, 0.2) is 66.7 Å². The molecule has 0 bridgehead atoms. The van der Waals surface area contributed by atoms with Gasteiger partial charge in [0.2, 0.25) is 5.91 Å². The van der Waals surface area contributed by atoms with Crippen molar-refractivity contribution in [2.24, 2.45) is 0 Å². The number of aryl methyl sites for hydroxylation is 1. The molecule has 0 saturated heterocycles. The van der Waals surface area contributed by atoms with Gasteiger partial charge < -0.3 is 10.2 Å². The second-order valence-corrected chi connectivity index (χ2v) is 6.65. The Hall–Kier alpha value is -2.81. The number of hydrogen-bond donors (Lipinski definition) is 1. The van der Waals surface area contributed by atoms with E-state index in [-0.39, 0.29) is 11.9 Å². The summed E-state index contributed by atoms with van der Waals surface area (Å²) in [6.07, 6.45) is 2.07. The molecule has 3 aromatic rings. The zero-order chi connectivity index (χ0) is 17.2. The standard InChI is InChI=1S/C22H22N2O/c1-16(23-20-13-12-17-7-2-3-9-19(17)15-20)22(25)24-14-6-10-18-8-4-5-11-21(18)24/h2-5,7-9,11-13,15-16,23H,6,10,14H2,1H3/t16-/m0/s1. The highest BCUT2D eigenvalue weighted by atomic mass is 16.2. The van der Waals surface area contributed by atoms with Gasteiger partial charge in [-0.3, -0.25) is 4.79 Å². The Morgan fingerprint density at radius 2 is 1.76 bits per heavy atom. The Morgan fingerprint density at radius 3 is 2.64 bits per heavy atom. The molecular weight excluding hydrogens is 308 g/mol. The fourth-order valence-corrected chi connectivity index (χ4v) is 3.59. The van der Waals surface area contributed by atoms with Gasteiger partial charge in [-0.25, -0.2) is 0 Å². The molecule has 0 unspecified atom stereocenters. The molecule has 3 aromatic carbocycles. The van der Waals surface area contributed by atoms with Crippen LogP contribution in [-0.4, -0.2) is 18.5 Å². The van der Waals surface area contributed by atoms with Crippen LogP contribution in [0.5, 0.6) is 0 Å². The topological polar surface area (TPSA) is 32.3 Å². The van der Waals surface area contributed by atoms with E-state index in [1.807, 2.05) is 42.2 Å². The third-order valence-electron chi connectivity index (χ3n) is 4.88. The van der Waals surface area contributed by atoms with Crippen molar-refractivity contribution in [2.75, 3.05) is 16.8 Å². The SMILES string of the molecule is C[C@H](Nc1ccc2ccccc2c1)C(=O)N1CCCc2ccccc21. The molecule has 1 amide bonds. The molecule has 1 N–H and O–H groups in total. The van der Waals surface area contributed by atoms with Gasteiger partial charge in [0.05, 0.1) is 0 Å². The first-order valence-electron chi connectivity index (χ1n) is 8.87. The van der Waals surface area contributed by atoms with Crippen molar-refractivity contribution >= 4 is 28.1 Å². The number of fused-ring (bicyclic) bond motifs is 2. The second kappa shape index (κ2) is 6.60. The number of rotatable bonds is 3. The fraction of sp³-hybridized carbons (Fsp3) is 0.227. The van der Waals surface area contributed by atoms with Gasteiger partial charge in [-0.1, -0.05) is 48.5 Å². The van der Waals surface area contributed by atoms with Crippen LogP contribution in [0.4, 0.5) is 11.4 Å². The van der Waals surface area contributed by atoms with E-state index in [4.69, 9.17) is 0 Å². The molecule has 0 saturated carbocycles. The van der Waals surface area contributed by atoms with E-state index in [2.05, 4.69) is 41.7 Å². The minimum Gasteiger partial charge on any atom is -0.374 e. The first-order valence-corrected chi connectivity index (χ1v) is 8.87.